The maximum absolute atomic E-state index is 9.80. The molecule has 0 amide bonds. The molecule has 0 aliphatic carbocycles. The summed E-state index contributed by atoms with van der Waals surface area (Å²) in [6, 6.07) is 24.0. The Morgan fingerprint density at radius 2 is 1.18 bits per heavy atom. The number of hydrogen-bond acceptors (Lipinski definition) is 5. The molecule has 0 aliphatic rings. The normalized spacial score (nSPS) is 10.8. The number of benzene rings is 3. The summed E-state index contributed by atoms with van der Waals surface area (Å²) in [5.41, 5.74) is 3.09. The van der Waals surface area contributed by atoms with Crippen molar-refractivity contribution in [3.63, 3.8) is 0 Å². The van der Waals surface area contributed by atoms with Gasteiger partial charge in [-0.3, -0.25) is 0 Å². The molecule has 0 atom stereocenters. The van der Waals surface area contributed by atoms with Crippen molar-refractivity contribution >= 4 is 24.3 Å². The molecule has 3 aromatic rings. The minimum absolute atomic E-state index is 0.106. The van der Waals surface area contributed by atoms with E-state index in [1.165, 1.54) is 18.2 Å². The number of ether oxygens (including phenoxy) is 2. The third kappa shape index (κ3) is 4.90. The molecule has 3 rings (SSSR count). The van der Waals surface area contributed by atoms with Crippen LogP contribution in [0.4, 0.5) is 0 Å². The molecular formula is C22H23BO4S. The van der Waals surface area contributed by atoms with E-state index in [0.717, 1.165) is 21.9 Å². The van der Waals surface area contributed by atoms with Crippen molar-refractivity contribution in [1.29, 1.82) is 0 Å². The van der Waals surface area contributed by atoms with Crippen LogP contribution in [0.1, 0.15) is 16.4 Å². The molecule has 0 aliphatic heterocycles. The Balaban J connectivity index is 1.90. The first-order chi connectivity index (χ1) is 13.6. The first-order valence-electron chi connectivity index (χ1n) is 8.90. The Labute approximate surface area is 170 Å². The van der Waals surface area contributed by atoms with Crippen LogP contribution in [0.15, 0.2) is 77.7 Å². The van der Waals surface area contributed by atoms with Crippen LogP contribution >= 0.6 is 11.8 Å². The lowest BCUT2D eigenvalue weighted by Crippen LogP contribution is -2.31. The van der Waals surface area contributed by atoms with E-state index in [0.29, 0.717) is 0 Å². The molecule has 28 heavy (non-hydrogen) atoms. The van der Waals surface area contributed by atoms with Crippen molar-refractivity contribution in [2.75, 3.05) is 21.3 Å². The zero-order valence-corrected chi connectivity index (χ0v) is 17.0. The van der Waals surface area contributed by atoms with Crippen molar-refractivity contribution in [2.24, 2.45) is 0 Å². The largest absolute Gasteiger partial charge is 0.497 e. The van der Waals surface area contributed by atoms with Crippen LogP contribution in [0, 0.1) is 0 Å². The molecule has 0 unspecified atom stereocenters. The second kappa shape index (κ2) is 9.69. The lowest BCUT2D eigenvalue weighted by molar-refractivity contribution is 0.341. The summed E-state index contributed by atoms with van der Waals surface area (Å²) in [7, 11) is 3.91. The van der Waals surface area contributed by atoms with Crippen LogP contribution < -0.4 is 14.9 Å². The summed E-state index contributed by atoms with van der Waals surface area (Å²) < 4.78 is 15.5. The van der Waals surface area contributed by atoms with E-state index in [9.17, 15) is 5.02 Å². The van der Waals surface area contributed by atoms with Crippen molar-refractivity contribution in [1.82, 2.24) is 0 Å². The van der Waals surface area contributed by atoms with Gasteiger partial charge in [0.25, 0.3) is 0 Å². The van der Waals surface area contributed by atoms with Gasteiger partial charge in [-0.05, 0) is 53.0 Å². The van der Waals surface area contributed by atoms with E-state index in [1.54, 1.807) is 26.0 Å². The molecule has 1 N–H and O–H groups in total. The van der Waals surface area contributed by atoms with Crippen LogP contribution in [0.5, 0.6) is 11.5 Å². The maximum atomic E-state index is 9.80. The molecule has 0 bridgehead atoms. The first-order valence-corrected chi connectivity index (χ1v) is 9.78. The van der Waals surface area contributed by atoms with Gasteiger partial charge in [-0.25, -0.2) is 0 Å². The Morgan fingerprint density at radius 1 is 0.714 bits per heavy atom. The highest BCUT2D eigenvalue weighted by Crippen LogP contribution is 2.41. The number of rotatable bonds is 8. The Morgan fingerprint density at radius 3 is 1.57 bits per heavy atom. The number of methoxy groups -OCH3 is 2. The highest BCUT2D eigenvalue weighted by molar-refractivity contribution is 7.99. The predicted octanol–water partition coefficient (Wildman–Crippen LogP) is 3.92. The predicted molar refractivity (Wildman–Crippen MR) is 115 cm³/mol. The molecular weight excluding hydrogens is 371 g/mol. The van der Waals surface area contributed by atoms with Crippen LogP contribution in [0.3, 0.4) is 0 Å². The fourth-order valence-corrected chi connectivity index (χ4v) is 4.02. The number of thioether (sulfide) groups is 1. The molecule has 6 heteroatoms. The van der Waals surface area contributed by atoms with Gasteiger partial charge in [0.15, 0.2) is 0 Å². The third-order valence-electron chi connectivity index (χ3n) is 4.48. The Bertz CT molecular complexity index is 819. The maximum Gasteiger partial charge on any atom is 0.490 e. The second-order valence-electron chi connectivity index (χ2n) is 6.20. The summed E-state index contributed by atoms with van der Waals surface area (Å²) in [6.07, 6.45) is 0. The smallest absolute Gasteiger partial charge is 0.490 e. The van der Waals surface area contributed by atoms with E-state index in [1.807, 2.05) is 48.5 Å². The summed E-state index contributed by atoms with van der Waals surface area (Å²) in [5.74, 6) is 1.67. The zero-order valence-electron chi connectivity index (χ0n) is 16.2. The fourth-order valence-electron chi connectivity index (χ4n) is 2.87. The van der Waals surface area contributed by atoms with Gasteiger partial charge in [-0.15, -0.1) is 11.8 Å². The molecule has 3 aromatic carbocycles. The molecule has 0 saturated heterocycles. The minimum atomic E-state index is -0.905. The Kier molecular flexibility index (Phi) is 7.03. The van der Waals surface area contributed by atoms with E-state index >= 15 is 0 Å². The van der Waals surface area contributed by atoms with Crippen LogP contribution in [-0.2, 0) is 4.65 Å². The lowest BCUT2D eigenvalue weighted by Gasteiger charge is -2.19. The van der Waals surface area contributed by atoms with Crippen molar-refractivity contribution in [3.05, 3.63) is 83.9 Å². The summed E-state index contributed by atoms with van der Waals surface area (Å²) in [5, 5.41) is 9.91. The van der Waals surface area contributed by atoms with Gasteiger partial charge in [0, 0.05) is 12.0 Å². The fraction of sp³-hybridized carbons (Fsp3) is 0.182. The quantitative estimate of drug-likeness (QED) is 0.464. The van der Waals surface area contributed by atoms with Crippen molar-refractivity contribution < 1.29 is 19.2 Å². The second-order valence-corrected chi connectivity index (χ2v) is 7.38. The van der Waals surface area contributed by atoms with Gasteiger partial charge in [0.1, 0.15) is 11.5 Å². The van der Waals surface area contributed by atoms with Gasteiger partial charge >= 0.3 is 7.12 Å². The van der Waals surface area contributed by atoms with Crippen LogP contribution in [0.25, 0.3) is 0 Å². The van der Waals surface area contributed by atoms with E-state index in [-0.39, 0.29) is 5.25 Å². The molecule has 0 spiro atoms. The number of hydrogen-bond donors (Lipinski definition) is 1. The van der Waals surface area contributed by atoms with Crippen LogP contribution in [0.2, 0.25) is 0 Å². The molecule has 0 aromatic heterocycles. The first kappa shape index (κ1) is 20.3. The average Bonchev–Trinajstić information content (AvgIpc) is 2.77. The highest BCUT2D eigenvalue weighted by atomic mass is 32.2. The minimum Gasteiger partial charge on any atom is -0.497 e. The average molecular weight is 394 g/mol. The van der Waals surface area contributed by atoms with E-state index in [2.05, 4.69) is 24.3 Å². The van der Waals surface area contributed by atoms with Gasteiger partial charge in [0.05, 0.1) is 19.5 Å². The standard InChI is InChI=1S/C22H23BO4S/c1-25-19-10-4-16(5-11-19)22(17-6-12-20(26-2)13-7-17)28-21-14-8-18(9-15-21)23(24)27-3/h4-15,22,24H,1-3H3. The molecule has 0 saturated carbocycles. The SMILES string of the molecule is COB(O)c1ccc(SC(c2ccc(OC)cc2)c2ccc(OC)cc2)cc1. The lowest BCUT2D eigenvalue weighted by atomic mass is 9.80. The van der Waals surface area contributed by atoms with Gasteiger partial charge in [0.2, 0.25) is 0 Å². The van der Waals surface area contributed by atoms with Gasteiger partial charge in [-0.2, -0.15) is 0 Å². The summed E-state index contributed by atoms with van der Waals surface area (Å²) >= 11 is 1.75. The molecule has 144 valence electrons. The highest BCUT2D eigenvalue weighted by Gasteiger charge is 2.18. The topological polar surface area (TPSA) is 47.9 Å². The van der Waals surface area contributed by atoms with Gasteiger partial charge in [-0.1, -0.05) is 36.4 Å². The molecule has 0 radical (unpaired) electrons. The monoisotopic (exact) mass is 394 g/mol. The summed E-state index contributed by atoms with van der Waals surface area (Å²) in [6.45, 7) is 0. The van der Waals surface area contributed by atoms with Crippen LogP contribution in [-0.4, -0.2) is 33.5 Å². The molecule has 4 nitrogen and oxygen atoms in total. The Hall–Kier alpha value is -2.41. The van der Waals surface area contributed by atoms with Gasteiger partial charge < -0.3 is 19.2 Å². The van der Waals surface area contributed by atoms with E-state index < -0.39 is 7.12 Å². The summed E-state index contributed by atoms with van der Waals surface area (Å²) in [4.78, 5) is 1.10. The molecule has 0 heterocycles. The van der Waals surface area contributed by atoms with E-state index in [4.69, 9.17) is 14.1 Å². The van der Waals surface area contributed by atoms with Crippen molar-refractivity contribution in [3.8, 4) is 11.5 Å². The third-order valence-corrected chi connectivity index (χ3v) is 5.80. The molecule has 0 fully saturated rings. The zero-order chi connectivity index (χ0) is 19.9. The van der Waals surface area contributed by atoms with Crippen molar-refractivity contribution in [2.45, 2.75) is 10.1 Å².